The highest BCUT2D eigenvalue weighted by Gasteiger charge is 2.16. The highest BCUT2D eigenvalue weighted by atomic mass is 32.1. The molecule has 0 spiro atoms. The van der Waals surface area contributed by atoms with Crippen LogP contribution in [0.15, 0.2) is 52.6 Å². The third-order valence-electron chi connectivity index (χ3n) is 4.98. The van der Waals surface area contributed by atoms with Crippen LogP contribution < -0.4 is 5.56 Å². The Bertz CT molecular complexity index is 1170. The number of hydrogen-bond acceptors (Lipinski definition) is 4. The predicted molar refractivity (Wildman–Crippen MR) is 114 cm³/mol. The maximum Gasteiger partial charge on any atom is 0.266 e. The number of nitrogens with one attached hydrogen (secondary N) is 1. The van der Waals surface area contributed by atoms with Gasteiger partial charge in [0.05, 0.1) is 0 Å². The van der Waals surface area contributed by atoms with E-state index >= 15 is 0 Å². The fourth-order valence-corrected chi connectivity index (χ4v) is 4.56. The molecule has 0 aliphatic heterocycles. The number of phenolic OH excluding ortho intramolecular Hbond substituents is 1. The quantitative estimate of drug-likeness (QED) is 0.537. The van der Waals surface area contributed by atoms with Crippen molar-refractivity contribution in [3.05, 3.63) is 63.8 Å². The lowest BCUT2D eigenvalue weighted by Gasteiger charge is -2.18. The molecule has 0 saturated heterocycles. The monoisotopic (exact) mass is 378 g/mol. The normalized spacial score (nSPS) is 12.9. The maximum absolute atomic E-state index is 12.3. The fourth-order valence-electron chi connectivity index (χ4n) is 3.76. The van der Waals surface area contributed by atoms with Gasteiger partial charge in [-0.15, -0.1) is 11.3 Å². The smallest absolute Gasteiger partial charge is 0.266 e. The molecule has 4 rings (SSSR count). The van der Waals surface area contributed by atoms with E-state index in [1.807, 2.05) is 11.4 Å². The van der Waals surface area contributed by atoms with Gasteiger partial charge >= 0.3 is 0 Å². The number of rotatable bonds is 4. The Hall–Kier alpha value is -2.63. The van der Waals surface area contributed by atoms with Gasteiger partial charge < -0.3 is 15.0 Å². The van der Waals surface area contributed by atoms with Crippen LogP contribution in [0, 0.1) is 0 Å². The highest BCUT2D eigenvalue weighted by Crippen LogP contribution is 2.39. The van der Waals surface area contributed by atoms with Crippen LogP contribution in [0.1, 0.15) is 18.4 Å². The lowest BCUT2D eigenvalue weighted by Crippen LogP contribution is -2.18. The van der Waals surface area contributed by atoms with E-state index in [1.165, 1.54) is 16.9 Å². The number of nitrogens with zero attached hydrogens (tertiary/aromatic N) is 1. The molecule has 0 bridgehead atoms. The number of H-pyrrole nitrogens is 1. The number of aromatic hydroxyl groups is 1. The SMILES string of the molecule is C[C@@H](CN(C)C)c1ccc(-c2c(O)ccc3[nH]c(=O)c4sccc4c23)cc1. The lowest BCUT2D eigenvalue weighted by molar-refractivity contribution is 0.383. The Morgan fingerprint density at radius 2 is 1.85 bits per heavy atom. The van der Waals surface area contributed by atoms with Crippen molar-refractivity contribution in [3.63, 3.8) is 0 Å². The first kappa shape index (κ1) is 17.8. The Labute approximate surface area is 161 Å². The minimum absolute atomic E-state index is 0.0861. The zero-order valence-electron chi connectivity index (χ0n) is 15.6. The summed E-state index contributed by atoms with van der Waals surface area (Å²) in [6.45, 7) is 3.19. The van der Waals surface area contributed by atoms with Crippen molar-refractivity contribution in [3.8, 4) is 16.9 Å². The standard InChI is InChI=1S/C22H22N2O2S/c1-13(12-24(2)3)14-4-6-15(7-5-14)19-18(25)9-8-17-20(19)16-10-11-27-21(16)22(26)23-17/h4-11,13,25H,12H2,1-3H3,(H,23,26)/t13-/m0/s1. The van der Waals surface area contributed by atoms with E-state index in [0.717, 1.165) is 34.0 Å². The van der Waals surface area contributed by atoms with E-state index in [9.17, 15) is 9.90 Å². The average molecular weight is 378 g/mol. The van der Waals surface area contributed by atoms with Gasteiger partial charge in [0, 0.05) is 28.4 Å². The predicted octanol–water partition coefficient (Wildman–Crippen LogP) is 4.78. The topological polar surface area (TPSA) is 56.3 Å². The zero-order chi connectivity index (χ0) is 19.1. The molecule has 4 aromatic rings. The van der Waals surface area contributed by atoms with Gasteiger partial charge in [0.15, 0.2) is 0 Å². The second-order valence-electron chi connectivity index (χ2n) is 7.29. The van der Waals surface area contributed by atoms with Crippen molar-refractivity contribution < 1.29 is 5.11 Å². The van der Waals surface area contributed by atoms with Crippen molar-refractivity contribution in [2.45, 2.75) is 12.8 Å². The van der Waals surface area contributed by atoms with Crippen LogP contribution in [0.3, 0.4) is 0 Å². The van der Waals surface area contributed by atoms with Crippen LogP contribution in [-0.2, 0) is 0 Å². The molecule has 1 atom stereocenters. The lowest BCUT2D eigenvalue weighted by atomic mass is 9.94. The van der Waals surface area contributed by atoms with Crippen LogP contribution in [0.2, 0.25) is 0 Å². The van der Waals surface area contributed by atoms with E-state index in [4.69, 9.17) is 0 Å². The molecule has 4 nitrogen and oxygen atoms in total. The fraction of sp³-hybridized carbons (Fsp3) is 0.227. The van der Waals surface area contributed by atoms with Crippen molar-refractivity contribution in [1.29, 1.82) is 0 Å². The second-order valence-corrected chi connectivity index (χ2v) is 8.20. The van der Waals surface area contributed by atoms with Crippen LogP contribution in [0.25, 0.3) is 32.1 Å². The summed E-state index contributed by atoms with van der Waals surface area (Å²) in [5, 5.41) is 14.3. The van der Waals surface area contributed by atoms with Gasteiger partial charge in [0.2, 0.25) is 0 Å². The van der Waals surface area contributed by atoms with Gasteiger partial charge in [-0.2, -0.15) is 0 Å². The summed E-state index contributed by atoms with van der Waals surface area (Å²) in [6, 6.07) is 13.7. The Morgan fingerprint density at radius 3 is 2.56 bits per heavy atom. The van der Waals surface area contributed by atoms with Crippen molar-refractivity contribution in [2.24, 2.45) is 0 Å². The number of thiophene rings is 1. The Balaban J connectivity index is 1.90. The number of aromatic nitrogens is 1. The Kier molecular flexibility index (Phi) is 4.50. The van der Waals surface area contributed by atoms with Crippen molar-refractivity contribution >= 4 is 32.3 Å². The van der Waals surface area contributed by atoms with E-state index < -0.39 is 0 Å². The largest absolute Gasteiger partial charge is 0.507 e. The molecular weight excluding hydrogens is 356 g/mol. The van der Waals surface area contributed by atoms with Gasteiger partial charge in [-0.1, -0.05) is 31.2 Å². The first-order chi connectivity index (χ1) is 13.0. The summed E-state index contributed by atoms with van der Waals surface area (Å²) in [7, 11) is 4.15. The van der Waals surface area contributed by atoms with E-state index in [-0.39, 0.29) is 11.3 Å². The summed E-state index contributed by atoms with van der Waals surface area (Å²) in [6.07, 6.45) is 0. The third kappa shape index (κ3) is 3.13. The summed E-state index contributed by atoms with van der Waals surface area (Å²) in [4.78, 5) is 17.4. The highest BCUT2D eigenvalue weighted by molar-refractivity contribution is 7.17. The molecule has 27 heavy (non-hydrogen) atoms. The van der Waals surface area contributed by atoms with E-state index in [2.05, 4.69) is 55.2 Å². The summed E-state index contributed by atoms with van der Waals surface area (Å²) < 4.78 is 0.686. The van der Waals surface area contributed by atoms with Gasteiger partial charge in [0.25, 0.3) is 5.56 Å². The third-order valence-corrected chi connectivity index (χ3v) is 5.89. The van der Waals surface area contributed by atoms with Crippen LogP contribution in [0.5, 0.6) is 5.75 Å². The van der Waals surface area contributed by atoms with Gasteiger partial charge in [-0.25, -0.2) is 0 Å². The molecule has 5 heteroatoms. The number of aromatic amines is 1. The molecule has 0 radical (unpaired) electrons. The molecule has 138 valence electrons. The summed E-state index contributed by atoms with van der Waals surface area (Å²) >= 11 is 1.42. The molecule has 0 saturated carbocycles. The Morgan fingerprint density at radius 1 is 1.11 bits per heavy atom. The minimum atomic E-state index is -0.0861. The molecule has 0 amide bonds. The molecule has 0 aliphatic rings. The average Bonchev–Trinajstić information content (AvgIpc) is 3.12. The molecule has 0 unspecified atom stereocenters. The zero-order valence-corrected chi connectivity index (χ0v) is 16.4. The number of benzene rings is 2. The molecular formula is C22H22N2O2S. The second kappa shape index (κ2) is 6.83. The summed E-state index contributed by atoms with van der Waals surface area (Å²) in [5.41, 5.74) is 3.62. The number of fused-ring (bicyclic) bond motifs is 3. The number of phenols is 1. The van der Waals surface area contributed by atoms with Crippen LogP contribution >= 0.6 is 11.3 Å². The van der Waals surface area contributed by atoms with Crippen LogP contribution in [-0.4, -0.2) is 35.6 Å². The van der Waals surface area contributed by atoms with E-state index in [0.29, 0.717) is 10.6 Å². The number of likely N-dealkylation sites (N-methyl/N-ethyl adjacent to an activating group) is 1. The van der Waals surface area contributed by atoms with E-state index in [1.54, 1.807) is 12.1 Å². The minimum Gasteiger partial charge on any atom is -0.507 e. The first-order valence-electron chi connectivity index (χ1n) is 8.96. The maximum atomic E-state index is 12.3. The van der Waals surface area contributed by atoms with Gasteiger partial charge in [-0.3, -0.25) is 4.79 Å². The van der Waals surface area contributed by atoms with Crippen LogP contribution in [0.4, 0.5) is 0 Å². The molecule has 0 aliphatic carbocycles. The molecule has 2 heterocycles. The molecule has 2 aromatic heterocycles. The summed E-state index contributed by atoms with van der Waals surface area (Å²) in [5.74, 6) is 0.645. The van der Waals surface area contributed by atoms with Gasteiger partial charge in [-0.05, 0) is 54.7 Å². The number of hydrogen-bond donors (Lipinski definition) is 2. The molecule has 2 N–H and O–H groups in total. The first-order valence-corrected chi connectivity index (χ1v) is 9.84. The van der Waals surface area contributed by atoms with Gasteiger partial charge in [0.1, 0.15) is 10.4 Å². The molecule has 0 fully saturated rings. The van der Waals surface area contributed by atoms with Crippen molar-refractivity contribution in [1.82, 2.24) is 9.88 Å². The number of pyridine rings is 1. The van der Waals surface area contributed by atoms with Crippen molar-refractivity contribution in [2.75, 3.05) is 20.6 Å². The molecule has 2 aromatic carbocycles.